The molecule has 72 valence electrons. The minimum Gasteiger partial charge on any atom is -0.269 e. The van der Waals surface area contributed by atoms with Crippen molar-refractivity contribution in [3.05, 3.63) is 42.7 Å². The van der Waals surface area contributed by atoms with Gasteiger partial charge in [-0.05, 0) is 25.3 Å². The Morgan fingerprint density at radius 3 is 2.50 bits per heavy atom. The van der Waals surface area contributed by atoms with Gasteiger partial charge in [0.2, 0.25) is 12.4 Å². The number of aromatic nitrogens is 1. The fourth-order valence-electron chi connectivity index (χ4n) is 1.42. The summed E-state index contributed by atoms with van der Waals surface area (Å²) < 4.78 is 1.76. The Kier molecular flexibility index (Phi) is 2.35. The van der Waals surface area contributed by atoms with E-state index in [0.717, 1.165) is 0 Å². The molecule has 0 radical (unpaired) electrons. The van der Waals surface area contributed by atoms with Crippen LogP contribution >= 0.6 is 0 Å². The molecular formula is C12H14NO+. The zero-order valence-corrected chi connectivity index (χ0v) is 8.47. The zero-order valence-electron chi connectivity index (χ0n) is 8.47. The predicted molar refractivity (Wildman–Crippen MR) is 55.9 cm³/mol. The summed E-state index contributed by atoms with van der Waals surface area (Å²) in [5, 5.41) is 2.42. The molecule has 14 heavy (non-hydrogen) atoms. The van der Waals surface area contributed by atoms with Crippen molar-refractivity contribution in [3.63, 3.8) is 0 Å². The van der Waals surface area contributed by atoms with Gasteiger partial charge in [0.05, 0.1) is 5.39 Å². The van der Waals surface area contributed by atoms with Gasteiger partial charge in [-0.1, -0.05) is 18.2 Å². The molecule has 0 atom stereocenters. The first-order valence-electron chi connectivity index (χ1n) is 4.83. The van der Waals surface area contributed by atoms with Crippen molar-refractivity contribution in [2.24, 2.45) is 0 Å². The van der Waals surface area contributed by atoms with Gasteiger partial charge in [0.25, 0.3) is 0 Å². The van der Waals surface area contributed by atoms with Crippen molar-refractivity contribution < 1.29 is 9.57 Å². The lowest BCUT2D eigenvalue weighted by atomic mass is 10.2. The van der Waals surface area contributed by atoms with Crippen LogP contribution in [0.15, 0.2) is 42.7 Å². The first-order valence-corrected chi connectivity index (χ1v) is 4.83. The lowest BCUT2D eigenvalue weighted by Gasteiger charge is -2.01. The molecule has 0 bridgehead atoms. The highest BCUT2D eigenvalue weighted by atomic mass is 16.7. The van der Waals surface area contributed by atoms with Crippen LogP contribution in [0, 0.1) is 0 Å². The van der Waals surface area contributed by atoms with Gasteiger partial charge >= 0.3 is 0 Å². The summed E-state index contributed by atoms with van der Waals surface area (Å²) in [7, 11) is 0. The van der Waals surface area contributed by atoms with Gasteiger partial charge in [-0.2, -0.15) is 0 Å². The quantitative estimate of drug-likeness (QED) is 0.657. The first kappa shape index (κ1) is 9.00. The third-order valence-corrected chi connectivity index (χ3v) is 2.00. The molecule has 2 rings (SSSR count). The fourth-order valence-corrected chi connectivity index (χ4v) is 1.42. The number of hydrogen-bond acceptors (Lipinski definition) is 1. The molecule has 2 aromatic rings. The molecule has 0 amide bonds. The van der Waals surface area contributed by atoms with Crippen molar-refractivity contribution >= 4 is 10.8 Å². The minimum atomic E-state index is 0.196. The van der Waals surface area contributed by atoms with Gasteiger partial charge in [-0.25, -0.2) is 0 Å². The summed E-state index contributed by atoms with van der Waals surface area (Å²) in [5.41, 5.74) is 0. The van der Waals surface area contributed by atoms with Gasteiger partial charge < -0.3 is 0 Å². The summed E-state index contributed by atoms with van der Waals surface area (Å²) in [4.78, 5) is 5.54. The van der Waals surface area contributed by atoms with Crippen molar-refractivity contribution in [2.45, 2.75) is 20.0 Å². The van der Waals surface area contributed by atoms with Crippen molar-refractivity contribution in [2.75, 3.05) is 0 Å². The maximum Gasteiger partial charge on any atom is 0.230 e. The molecule has 0 saturated carbocycles. The molecule has 2 heteroatoms. The van der Waals surface area contributed by atoms with Crippen LogP contribution in [0.5, 0.6) is 0 Å². The zero-order chi connectivity index (χ0) is 9.97. The van der Waals surface area contributed by atoms with E-state index >= 15 is 0 Å². The maximum absolute atomic E-state index is 5.54. The predicted octanol–water partition coefficient (Wildman–Crippen LogP) is 1.96. The molecule has 0 N–H and O–H groups in total. The average molecular weight is 188 g/mol. The Balaban J connectivity index is 2.41. The topological polar surface area (TPSA) is 13.1 Å². The number of rotatable bonds is 2. The Morgan fingerprint density at radius 1 is 1.07 bits per heavy atom. The second kappa shape index (κ2) is 3.66. The van der Waals surface area contributed by atoms with Crippen LogP contribution in [0.1, 0.15) is 13.8 Å². The van der Waals surface area contributed by atoms with E-state index in [1.54, 1.807) is 4.73 Å². The highest BCUT2D eigenvalue weighted by Crippen LogP contribution is 2.09. The second-order valence-corrected chi connectivity index (χ2v) is 3.59. The molecule has 0 aliphatic carbocycles. The molecule has 0 aliphatic heterocycles. The molecule has 0 fully saturated rings. The van der Waals surface area contributed by atoms with Crippen molar-refractivity contribution in [1.82, 2.24) is 0 Å². The Labute approximate surface area is 83.7 Å². The Morgan fingerprint density at radius 2 is 1.79 bits per heavy atom. The van der Waals surface area contributed by atoms with E-state index in [0.29, 0.717) is 0 Å². The van der Waals surface area contributed by atoms with Gasteiger partial charge in [-0.15, -0.1) is 0 Å². The van der Waals surface area contributed by atoms with E-state index < -0.39 is 0 Å². The van der Waals surface area contributed by atoms with Crippen molar-refractivity contribution in [1.29, 1.82) is 0 Å². The van der Waals surface area contributed by atoms with Gasteiger partial charge in [0, 0.05) is 10.8 Å². The SMILES string of the molecule is CC(C)O[n+]1ccc2ccccc2c1. The maximum atomic E-state index is 5.54. The van der Waals surface area contributed by atoms with E-state index in [-0.39, 0.29) is 6.10 Å². The average Bonchev–Trinajstić information content (AvgIpc) is 2.17. The molecule has 0 unspecified atom stereocenters. The second-order valence-electron chi connectivity index (χ2n) is 3.59. The number of pyridine rings is 1. The molecule has 1 aromatic heterocycles. The molecule has 0 aliphatic rings. The van der Waals surface area contributed by atoms with Crippen LogP contribution < -0.4 is 9.57 Å². The van der Waals surface area contributed by atoms with Crippen LogP contribution in [-0.2, 0) is 0 Å². The highest BCUT2D eigenvalue weighted by Gasteiger charge is 2.05. The molecule has 0 spiro atoms. The van der Waals surface area contributed by atoms with E-state index in [2.05, 4.69) is 18.2 Å². The number of hydrogen-bond donors (Lipinski definition) is 0. The highest BCUT2D eigenvalue weighted by molar-refractivity contribution is 5.80. The lowest BCUT2D eigenvalue weighted by molar-refractivity contribution is -0.897. The van der Waals surface area contributed by atoms with Gasteiger partial charge in [-0.3, -0.25) is 4.84 Å². The first-order chi connectivity index (χ1) is 6.75. The summed E-state index contributed by atoms with van der Waals surface area (Å²) in [6.45, 7) is 4.03. The van der Waals surface area contributed by atoms with E-state index in [1.165, 1.54) is 10.8 Å². The normalized spacial score (nSPS) is 10.8. The Hall–Kier alpha value is -1.57. The lowest BCUT2D eigenvalue weighted by Crippen LogP contribution is -2.45. The third-order valence-electron chi connectivity index (χ3n) is 2.00. The van der Waals surface area contributed by atoms with E-state index in [4.69, 9.17) is 4.84 Å². The molecule has 1 aromatic carbocycles. The van der Waals surface area contributed by atoms with Crippen LogP contribution in [-0.4, -0.2) is 6.10 Å². The fraction of sp³-hybridized carbons (Fsp3) is 0.250. The summed E-state index contributed by atoms with van der Waals surface area (Å²) in [5.74, 6) is 0. The number of nitrogens with zero attached hydrogens (tertiary/aromatic N) is 1. The molecule has 1 heterocycles. The monoisotopic (exact) mass is 188 g/mol. The largest absolute Gasteiger partial charge is 0.269 e. The number of benzene rings is 1. The summed E-state index contributed by atoms with van der Waals surface area (Å²) >= 11 is 0. The van der Waals surface area contributed by atoms with E-state index in [1.807, 2.05) is 38.4 Å². The van der Waals surface area contributed by atoms with Crippen LogP contribution in [0.2, 0.25) is 0 Å². The van der Waals surface area contributed by atoms with Crippen LogP contribution in [0.25, 0.3) is 10.8 Å². The summed E-state index contributed by atoms with van der Waals surface area (Å²) in [6.07, 6.45) is 4.12. The smallest absolute Gasteiger partial charge is 0.230 e. The van der Waals surface area contributed by atoms with Gasteiger partial charge in [0.15, 0.2) is 6.10 Å². The van der Waals surface area contributed by atoms with Crippen LogP contribution in [0.4, 0.5) is 0 Å². The molecular weight excluding hydrogens is 174 g/mol. The standard InChI is InChI=1S/C12H14NO/c1-10(2)14-13-8-7-11-5-3-4-6-12(11)9-13/h3-10H,1-2H3/q+1. The molecule has 0 saturated heterocycles. The molecule has 2 nitrogen and oxygen atoms in total. The number of fused-ring (bicyclic) bond motifs is 1. The van der Waals surface area contributed by atoms with Gasteiger partial charge in [0.1, 0.15) is 0 Å². The Bertz CT molecular complexity index is 437. The van der Waals surface area contributed by atoms with Crippen molar-refractivity contribution in [3.8, 4) is 0 Å². The van der Waals surface area contributed by atoms with Crippen LogP contribution in [0.3, 0.4) is 0 Å². The summed E-state index contributed by atoms with van der Waals surface area (Å²) in [6, 6.07) is 10.3. The third kappa shape index (κ3) is 1.84. The minimum absolute atomic E-state index is 0.196. The van der Waals surface area contributed by atoms with E-state index in [9.17, 15) is 0 Å².